The molecule has 0 amide bonds. The monoisotopic (exact) mass is 107 g/mol. The van der Waals surface area contributed by atoms with Crippen LogP contribution in [-0.2, 0) is 0 Å². The molecule has 0 bridgehead atoms. The predicted octanol–water partition coefficient (Wildman–Crippen LogP) is 1.19. The Hall–Kier alpha value is -1.05. The molecule has 1 aromatic rings. The Morgan fingerprint density at radius 2 is 2.50 bits per heavy atom. The average Bonchev–Trinajstić information content (AvgIpc) is 2.19. The largest absolute Gasteiger partial charge is 0.313 e. The van der Waals surface area contributed by atoms with E-state index in [1.165, 1.54) is 0 Å². The topological polar surface area (TPSA) is 17.8 Å². The van der Waals surface area contributed by atoms with Crippen molar-refractivity contribution in [3.63, 3.8) is 0 Å². The van der Waals surface area contributed by atoms with Crippen LogP contribution in [0.25, 0.3) is 6.20 Å². The van der Waals surface area contributed by atoms with Gasteiger partial charge in [-0.2, -0.15) is 0 Å². The van der Waals surface area contributed by atoms with Crippen molar-refractivity contribution in [1.82, 2.24) is 9.55 Å². The number of imidazole rings is 1. The van der Waals surface area contributed by atoms with Crippen LogP contribution >= 0.6 is 0 Å². The Bertz CT molecular complexity index is 163. The number of hydrogen-bond acceptors (Lipinski definition) is 1. The van der Waals surface area contributed by atoms with Crippen molar-refractivity contribution >= 4 is 6.20 Å². The van der Waals surface area contributed by atoms with Gasteiger partial charge in [-0.25, -0.2) is 4.98 Å². The van der Waals surface area contributed by atoms with Crippen molar-refractivity contribution in [2.45, 2.75) is 0 Å². The number of allylic oxidation sites excluding steroid dienone is 1. The maximum Gasteiger partial charge on any atom is 0.0986 e. The molecule has 41 valence electrons. The second-order valence-corrected chi connectivity index (χ2v) is 1.39. The first-order valence-corrected chi connectivity index (χ1v) is 2.37. The predicted molar refractivity (Wildman–Crippen MR) is 32.9 cm³/mol. The smallest absolute Gasteiger partial charge is 0.0986 e. The van der Waals surface area contributed by atoms with Gasteiger partial charge in [0.25, 0.3) is 0 Å². The summed E-state index contributed by atoms with van der Waals surface area (Å²) in [4.78, 5) is 3.82. The van der Waals surface area contributed by atoms with Crippen LogP contribution in [0.3, 0.4) is 0 Å². The molecule has 1 rings (SSSR count). The van der Waals surface area contributed by atoms with E-state index in [1.807, 2.05) is 17.0 Å². The maximum atomic E-state index is 3.82. The van der Waals surface area contributed by atoms with E-state index in [-0.39, 0.29) is 0 Å². The summed E-state index contributed by atoms with van der Waals surface area (Å²) in [6.07, 6.45) is 8.82. The molecule has 1 aromatic heterocycles. The lowest BCUT2D eigenvalue weighted by molar-refractivity contribution is 1.14. The van der Waals surface area contributed by atoms with Crippen molar-refractivity contribution in [1.29, 1.82) is 0 Å². The second-order valence-electron chi connectivity index (χ2n) is 1.39. The van der Waals surface area contributed by atoms with E-state index in [4.69, 9.17) is 0 Å². The Kier molecular flexibility index (Phi) is 1.47. The molecule has 0 spiro atoms. The summed E-state index contributed by atoms with van der Waals surface area (Å²) in [5, 5.41) is 0. The van der Waals surface area contributed by atoms with E-state index in [0.717, 1.165) is 0 Å². The van der Waals surface area contributed by atoms with Crippen molar-refractivity contribution in [2.75, 3.05) is 0 Å². The van der Waals surface area contributed by atoms with E-state index in [0.29, 0.717) is 0 Å². The van der Waals surface area contributed by atoms with E-state index >= 15 is 0 Å². The molecule has 0 unspecified atom stereocenters. The summed E-state index contributed by atoms with van der Waals surface area (Å²) in [5.74, 6) is 0. The molecule has 0 atom stereocenters. The Balaban J connectivity index is 2.77. The molecular weight excluding hydrogens is 100 g/mol. The molecule has 2 heteroatoms. The van der Waals surface area contributed by atoms with Crippen molar-refractivity contribution in [3.8, 4) is 0 Å². The number of nitrogens with zero attached hydrogens (tertiary/aromatic N) is 2. The van der Waals surface area contributed by atoms with Gasteiger partial charge < -0.3 is 4.57 Å². The van der Waals surface area contributed by atoms with Gasteiger partial charge in [0.2, 0.25) is 0 Å². The first kappa shape index (κ1) is 5.09. The van der Waals surface area contributed by atoms with Crippen LogP contribution in [0.5, 0.6) is 0 Å². The van der Waals surface area contributed by atoms with Gasteiger partial charge in [0.15, 0.2) is 0 Å². The van der Waals surface area contributed by atoms with E-state index in [1.54, 1.807) is 18.6 Å². The van der Waals surface area contributed by atoms with Crippen LogP contribution in [-0.4, -0.2) is 9.55 Å². The lowest BCUT2D eigenvalue weighted by Gasteiger charge is -1.83. The number of rotatable bonds is 1. The molecule has 0 aromatic carbocycles. The molecule has 0 saturated carbocycles. The van der Waals surface area contributed by atoms with Gasteiger partial charge in [0, 0.05) is 18.6 Å². The Morgan fingerprint density at radius 3 is 3.00 bits per heavy atom. The number of hydrogen-bond donors (Lipinski definition) is 0. The van der Waals surface area contributed by atoms with Gasteiger partial charge in [0.05, 0.1) is 6.33 Å². The van der Waals surface area contributed by atoms with Crippen molar-refractivity contribution in [2.24, 2.45) is 0 Å². The molecule has 0 fully saturated rings. The SMILES string of the molecule is [CH2]/C=C/n1ccnc1. The third kappa shape index (κ3) is 0.964. The van der Waals surface area contributed by atoms with E-state index < -0.39 is 0 Å². The van der Waals surface area contributed by atoms with Crippen LogP contribution in [0.15, 0.2) is 24.8 Å². The first-order valence-electron chi connectivity index (χ1n) is 2.37. The van der Waals surface area contributed by atoms with Gasteiger partial charge in [-0.3, -0.25) is 0 Å². The van der Waals surface area contributed by atoms with Crippen molar-refractivity contribution < 1.29 is 0 Å². The molecule has 8 heavy (non-hydrogen) atoms. The lowest BCUT2D eigenvalue weighted by Crippen LogP contribution is -1.75. The highest BCUT2D eigenvalue weighted by Gasteiger charge is 1.75. The average molecular weight is 107 g/mol. The summed E-state index contributed by atoms with van der Waals surface area (Å²) < 4.78 is 1.83. The lowest BCUT2D eigenvalue weighted by atomic mass is 10.7. The summed E-state index contributed by atoms with van der Waals surface area (Å²) in [7, 11) is 0. The third-order valence-electron chi connectivity index (χ3n) is 0.802. The Morgan fingerprint density at radius 1 is 1.62 bits per heavy atom. The molecule has 0 saturated heterocycles. The highest BCUT2D eigenvalue weighted by atomic mass is 15.0. The van der Waals surface area contributed by atoms with Crippen LogP contribution in [0, 0.1) is 6.92 Å². The molecule has 0 aliphatic heterocycles. The minimum atomic E-state index is 1.71. The normalized spacial score (nSPS) is 10.6. The maximum absolute atomic E-state index is 3.82. The molecule has 1 heterocycles. The molecular formula is C6H7N2. The van der Waals surface area contributed by atoms with Gasteiger partial charge in [-0.05, 0) is 6.92 Å². The first-order chi connectivity index (χ1) is 3.93. The second kappa shape index (κ2) is 2.31. The van der Waals surface area contributed by atoms with Crippen molar-refractivity contribution in [3.05, 3.63) is 31.7 Å². The summed E-state index contributed by atoms with van der Waals surface area (Å²) >= 11 is 0. The van der Waals surface area contributed by atoms with Crippen LogP contribution in [0.1, 0.15) is 0 Å². The molecule has 1 radical (unpaired) electrons. The van der Waals surface area contributed by atoms with Crippen LogP contribution in [0.4, 0.5) is 0 Å². The Labute approximate surface area is 48.5 Å². The van der Waals surface area contributed by atoms with Crippen LogP contribution < -0.4 is 0 Å². The highest BCUT2D eigenvalue weighted by Crippen LogP contribution is 1.84. The molecule has 0 aliphatic carbocycles. The molecule has 0 N–H and O–H groups in total. The fourth-order valence-corrected chi connectivity index (χ4v) is 0.479. The fraction of sp³-hybridized carbons (Fsp3) is 0. The summed E-state index contributed by atoms with van der Waals surface area (Å²) in [6.45, 7) is 3.53. The van der Waals surface area contributed by atoms with Crippen LogP contribution in [0.2, 0.25) is 0 Å². The fourth-order valence-electron chi connectivity index (χ4n) is 0.479. The van der Waals surface area contributed by atoms with E-state index in [2.05, 4.69) is 11.9 Å². The summed E-state index contributed by atoms with van der Waals surface area (Å²) in [5.41, 5.74) is 0. The van der Waals surface area contributed by atoms with Gasteiger partial charge >= 0.3 is 0 Å². The minimum Gasteiger partial charge on any atom is -0.313 e. The van der Waals surface area contributed by atoms with E-state index in [9.17, 15) is 0 Å². The summed E-state index contributed by atoms with van der Waals surface area (Å²) in [6, 6.07) is 0. The third-order valence-corrected chi connectivity index (χ3v) is 0.802. The molecule has 2 nitrogen and oxygen atoms in total. The quantitative estimate of drug-likeness (QED) is 0.527. The highest BCUT2D eigenvalue weighted by molar-refractivity contribution is 5.21. The zero-order valence-corrected chi connectivity index (χ0v) is 4.49. The number of aromatic nitrogens is 2. The zero-order valence-electron chi connectivity index (χ0n) is 4.49. The van der Waals surface area contributed by atoms with Gasteiger partial charge in [-0.15, -0.1) is 0 Å². The van der Waals surface area contributed by atoms with Gasteiger partial charge in [0.1, 0.15) is 0 Å². The minimum absolute atomic E-state index is 1.71. The van der Waals surface area contributed by atoms with Gasteiger partial charge in [-0.1, -0.05) is 6.08 Å². The molecule has 0 aliphatic rings. The zero-order chi connectivity index (χ0) is 5.82. The standard InChI is InChI=1S/C6H7N2/c1-2-4-8-5-3-7-6-8/h2-6H,1H2/b4-2+.